The van der Waals surface area contributed by atoms with Crippen LogP contribution in [-0.2, 0) is 4.79 Å². The molecule has 2 atom stereocenters. The number of aliphatic carboxylic acids is 1. The lowest BCUT2D eigenvalue weighted by Gasteiger charge is -2.25. The highest BCUT2D eigenvalue weighted by Crippen LogP contribution is 2.25. The van der Waals surface area contributed by atoms with Gasteiger partial charge in [-0.25, -0.2) is 4.79 Å². The molecule has 0 spiro atoms. The molecule has 1 aromatic rings. The molecule has 0 aromatic carbocycles. The van der Waals surface area contributed by atoms with Crippen LogP contribution in [-0.4, -0.2) is 51.2 Å². The molecular formula is C15H18N2O4. The molecule has 0 radical (unpaired) electrons. The van der Waals surface area contributed by atoms with Crippen LogP contribution >= 0.6 is 0 Å². The molecule has 2 rings (SSSR count). The Balaban J connectivity index is 2.20. The molecule has 2 N–H and O–H groups in total. The second-order valence-corrected chi connectivity index (χ2v) is 5.19. The average molecular weight is 290 g/mol. The number of pyridine rings is 1. The number of aliphatic hydroxyl groups excluding tert-OH is 1. The molecule has 21 heavy (non-hydrogen) atoms. The Kier molecular flexibility index (Phi) is 4.70. The van der Waals surface area contributed by atoms with Crippen molar-refractivity contribution in [2.24, 2.45) is 5.92 Å². The zero-order valence-electron chi connectivity index (χ0n) is 11.8. The van der Waals surface area contributed by atoms with E-state index in [0.29, 0.717) is 17.7 Å². The van der Waals surface area contributed by atoms with Crippen molar-refractivity contribution in [1.29, 1.82) is 0 Å². The quantitative estimate of drug-likeness (QED) is 0.808. The summed E-state index contributed by atoms with van der Waals surface area (Å²) in [5, 5.41) is 18.0. The average Bonchev–Trinajstić information content (AvgIpc) is 2.85. The van der Waals surface area contributed by atoms with E-state index in [9.17, 15) is 14.7 Å². The van der Waals surface area contributed by atoms with Crippen molar-refractivity contribution in [2.75, 3.05) is 13.2 Å². The van der Waals surface area contributed by atoms with Gasteiger partial charge >= 0.3 is 5.97 Å². The van der Waals surface area contributed by atoms with Gasteiger partial charge in [-0.3, -0.25) is 9.78 Å². The third-order valence-electron chi connectivity index (χ3n) is 3.76. The number of likely N-dealkylation sites (tertiary alicyclic amines) is 1. The number of rotatable bonds is 4. The van der Waals surface area contributed by atoms with Gasteiger partial charge in [-0.1, -0.05) is 6.92 Å². The van der Waals surface area contributed by atoms with E-state index in [1.54, 1.807) is 11.0 Å². The lowest BCUT2D eigenvalue weighted by molar-refractivity contribution is -0.131. The Morgan fingerprint density at radius 3 is 2.90 bits per heavy atom. The van der Waals surface area contributed by atoms with Gasteiger partial charge in [0.1, 0.15) is 0 Å². The van der Waals surface area contributed by atoms with E-state index in [1.807, 2.05) is 6.92 Å². The fourth-order valence-corrected chi connectivity index (χ4v) is 2.54. The second kappa shape index (κ2) is 6.49. The number of aliphatic hydroxyl groups is 1. The fraction of sp³-hybridized carbons (Fsp3) is 0.400. The fourth-order valence-electron chi connectivity index (χ4n) is 2.54. The van der Waals surface area contributed by atoms with E-state index < -0.39 is 5.97 Å². The predicted octanol–water partition coefficient (Wildman–Crippen LogP) is 1.02. The normalized spacial score (nSPS) is 21.9. The smallest absolute Gasteiger partial charge is 0.328 e. The van der Waals surface area contributed by atoms with Gasteiger partial charge in [0.2, 0.25) is 0 Å². The minimum absolute atomic E-state index is 0.0566. The molecule has 2 unspecified atom stereocenters. The molecule has 1 aliphatic heterocycles. The van der Waals surface area contributed by atoms with Gasteiger partial charge in [0.25, 0.3) is 5.91 Å². The van der Waals surface area contributed by atoms with E-state index in [0.717, 1.165) is 12.5 Å². The van der Waals surface area contributed by atoms with Gasteiger partial charge < -0.3 is 15.1 Å². The van der Waals surface area contributed by atoms with Gasteiger partial charge in [-0.05, 0) is 30.0 Å². The highest BCUT2D eigenvalue weighted by atomic mass is 16.4. The molecule has 1 aliphatic rings. The van der Waals surface area contributed by atoms with E-state index in [2.05, 4.69) is 4.98 Å². The Morgan fingerprint density at radius 1 is 1.48 bits per heavy atom. The van der Waals surface area contributed by atoms with Crippen LogP contribution in [0.25, 0.3) is 6.08 Å². The summed E-state index contributed by atoms with van der Waals surface area (Å²) >= 11 is 0. The SMILES string of the molecule is CC1CCN(C(=O)c2cncc(/C=C/C(=O)O)c2)C1CO. The Morgan fingerprint density at radius 2 is 2.24 bits per heavy atom. The Labute approximate surface area is 122 Å². The van der Waals surface area contributed by atoms with Crippen LogP contribution in [0.15, 0.2) is 24.5 Å². The van der Waals surface area contributed by atoms with Crippen LogP contribution < -0.4 is 0 Å². The van der Waals surface area contributed by atoms with Crippen molar-refractivity contribution in [2.45, 2.75) is 19.4 Å². The number of carboxylic acids is 1. The molecule has 6 nitrogen and oxygen atoms in total. The monoisotopic (exact) mass is 290 g/mol. The summed E-state index contributed by atoms with van der Waals surface area (Å²) in [5.74, 6) is -0.973. The molecule has 0 bridgehead atoms. The van der Waals surface area contributed by atoms with Gasteiger partial charge in [0.05, 0.1) is 18.2 Å². The number of carbonyl (C=O) groups excluding carboxylic acids is 1. The first-order valence-corrected chi connectivity index (χ1v) is 6.81. The molecule has 6 heteroatoms. The van der Waals surface area contributed by atoms with Crippen LogP contribution in [0.4, 0.5) is 0 Å². The molecule has 1 amide bonds. The van der Waals surface area contributed by atoms with E-state index in [4.69, 9.17) is 5.11 Å². The summed E-state index contributed by atoms with van der Waals surface area (Å²) in [5.41, 5.74) is 0.950. The molecule has 1 aromatic heterocycles. The number of carboxylic acid groups (broad SMARTS) is 1. The van der Waals surface area contributed by atoms with Crippen molar-refractivity contribution < 1.29 is 19.8 Å². The van der Waals surface area contributed by atoms with Crippen LogP contribution in [0, 0.1) is 5.92 Å². The first kappa shape index (κ1) is 15.2. The summed E-state index contributed by atoms with van der Waals surface area (Å²) < 4.78 is 0. The minimum Gasteiger partial charge on any atom is -0.478 e. The van der Waals surface area contributed by atoms with Crippen molar-refractivity contribution in [3.8, 4) is 0 Å². The highest BCUT2D eigenvalue weighted by molar-refractivity contribution is 5.95. The van der Waals surface area contributed by atoms with Crippen LogP contribution in [0.5, 0.6) is 0 Å². The van der Waals surface area contributed by atoms with Crippen molar-refractivity contribution >= 4 is 18.0 Å². The van der Waals surface area contributed by atoms with E-state index >= 15 is 0 Å². The molecule has 1 saturated heterocycles. The van der Waals surface area contributed by atoms with Crippen molar-refractivity contribution in [3.05, 3.63) is 35.7 Å². The van der Waals surface area contributed by atoms with Gasteiger partial charge in [0.15, 0.2) is 0 Å². The molecule has 112 valence electrons. The standard InChI is InChI=1S/C15H18N2O4/c1-10-4-5-17(13(10)9-18)15(21)12-6-11(7-16-8-12)2-3-14(19)20/h2-3,6-8,10,13,18H,4-5,9H2,1H3,(H,19,20)/b3-2+. The zero-order valence-corrected chi connectivity index (χ0v) is 11.8. The maximum atomic E-state index is 12.5. The Hall–Kier alpha value is -2.21. The summed E-state index contributed by atoms with van der Waals surface area (Å²) in [6.45, 7) is 2.57. The summed E-state index contributed by atoms with van der Waals surface area (Å²) in [7, 11) is 0. The zero-order chi connectivity index (χ0) is 15.4. The van der Waals surface area contributed by atoms with Crippen LogP contribution in [0.2, 0.25) is 0 Å². The summed E-state index contributed by atoms with van der Waals surface area (Å²) in [6.07, 6.45) is 6.20. The molecule has 2 heterocycles. The first-order valence-electron chi connectivity index (χ1n) is 6.81. The largest absolute Gasteiger partial charge is 0.478 e. The first-order chi connectivity index (χ1) is 10.0. The lowest BCUT2D eigenvalue weighted by atomic mass is 10.0. The predicted molar refractivity (Wildman–Crippen MR) is 76.6 cm³/mol. The maximum absolute atomic E-state index is 12.5. The number of carbonyl (C=O) groups is 2. The van der Waals surface area contributed by atoms with E-state index in [1.165, 1.54) is 18.5 Å². The summed E-state index contributed by atoms with van der Waals surface area (Å²) in [4.78, 5) is 28.6. The molecule has 1 fully saturated rings. The lowest BCUT2D eigenvalue weighted by Crippen LogP contribution is -2.39. The third kappa shape index (κ3) is 3.46. The topological polar surface area (TPSA) is 90.7 Å². The number of aromatic nitrogens is 1. The number of nitrogens with zero attached hydrogens (tertiary/aromatic N) is 2. The van der Waals surface area contributed by atoms with E-state index in [-0.39, 0.29) is 24.5 Å². The molecular weight excluding hydrogens is 272 g/mol. The number of hydrogen-bond acceptors (Lipinski definition) is 4. The van der Waals surface area contributed by atoms with Crippen molar-refractivity contribution in [3.63, 3.8) is 0 Å². The van der Waals surface area contributed by atoms with Gasteiger partial charge in [-0.15, -0.1) is 0 Å². The van der Waals surface area contributed by atoms with Crippen molar-refractivity contribution in [1.82, 2.24) is 9.88 Å². The third-order valence-corrected chi connectivity index (χ3v) is 3.76. The van der Waals surface area contributed by atoms with Gasteiger partial charge in [0, 0.05) is 25.0 Å². The molecule has 0 saturated carbocycles. The highest BCUT2D eigenvalue weighted by Gasteiger charge is 2.34. The van der Waals surface area contributed by atoms with Crippen LogP contribution in [0.1, 0.15) is 29.3 Å². The van der Waals surface area contributed by atoms with Gasteiger partial charge in [-0.2, -0.15) is 0 Å². The van der Waals surface area contributed by atoms with Crippen LogP contribution in [0.3, 0.4) is 0 Å². The molecule has 0 aliphatic carbocycles. The Bertz CT molecular complexity index is 571. The number of amides is 1. The second-order valence-electron chi connectivity index (χ2n) is 5.19. The minimum atomic E-state index is -1.06. The maximum Gasteiger partial charge on any atom is 0.328 e. The summed E-state index contributed by atoms with van der Waals surface area (Å²) in [6, 6.07) is 1.43. The number of hydrogen-bond donors (Lipinski definition) is 2.